The standard InChI is InChI=1S/C27H30FN3O/c28-23-12-3-4-13-24(23)30-19-17-29(18-20-30)15-5-1-2-6-16-31-25-14-8-10-21-9-7-11-22(26(21)25)27(31)32/h3-4,7-14H,1-2,5-6,15-20H2. The Morgan fingerprint density at radius 2 is 1.41 bits per heavy atom. The number of rotatable bonds is 8. The van der Waals surface area contributed by atoms with Gasteiger partial charge in [-0.3, -0.25) is 9.69 Å². The Morgan fingerprint density at radius 3 is 2.19 bits per heavy atom. The molecular formula is C27H30FN3O. The van der Waals surface area contributed by atoms with Gasteiger partial charge in [-0.05, 0) is 49.0 Å². The molecule has 1 fully saturated rings. The third-order valence-corrected chi connectivity index (χ3v) is 6.82. The number of hydrogen-bond donors (Lipinski definition) is 0. The van der Waals surface area contributed by atoms with E-state index in [1.165, 1.54) is 18.9 Å². The van der Waals surface area contributed by atoms with Crippen molar-refractivity contribution in [2.45, 2.75) is 25.7 Å². The number of hydrogen-bond acceptors (Lipinski definition) is 3. The van der Waals surface area contributed by atoms with Gasteiger partial charge in [-0.2, -0.15) is 0 Å². The Kier molecular flexibility index (Phi) is 6.08. The van der Waals surface area contributed by atoms with Gasteiger partial charge in [0.25, 0.3) is 5.91 Å². The first kappa shape index (κ1) is 21.0. The van der Waals surface area contributed by atoms with E-state index in [1.54, 1.807) is 6.07 Å². The lowest BCUT2D eigenvalue weighted by Crippen LogP contribution is -2.46. The first-order chi connectivity index (χ1) is 15.7. The number of halogens is 1. The van der Waals surface area contributed by atoms with Crippen molar-refractivity contribution in [3.05, 3.63) is 72.0 Å². The Bertz CT molecular complexity index is 1100. The van der Waals surface area contributed by atoms with Crippen molar-refractivity contribution >= 4 is 28.1 Å². The predicted molar refractivity (Wildman–Crippen MR) is 129 cm³/mol. The first-order valence-corrected chi connectivity index (χ1v) is 11.8. The van der Waals surface area contributed by atoms with E-state index in [1.807, 2.05) is 35.2 Å². The molecule has 3 aromatic carbocycles. The summed E-state index contributed by atoms with van der Waals surface area (Å²) >= 11 is 0. The summed E-state index contributed by atoms with van der Waals surface area (Å²) in [6.45, 7) is 5.61. The van der Waals surface area contributed by atoms with Crippen molar-refractivity contribution in [2.75, 3.05) is 49.1 Å². The molecular weight excluding hydrogens is 401 g/mol. The maximum Gasteiger partial charge on any atom is 0.258 e. The normalized spacial score (nSPS) is 16.3. The Labute approximate surface area is 189 Å². The summed E-state index contributed by atoms with van der Waals surface area (Å²) in [5, 5.41) is 2.25. The van der Waals surface area contributed by atoms with Crippen LogP contribution in [0.4, 0.5) is 15.8 Å². The average molecular weight is 432 g/mol. The quantitative estimate of drug-likeness (QED) is 0.452. The average Bonchev–Trinajstić information content (AvgIpc) is 3.10. The van der Waals surface area contributed by atoms with Gasteiger partial charge in [-0.25, -0.2) is 4.39 Å². The van der Waals surface area contributed by atoms with Gasteiger partial charge in [0.05, 0.1) is 11.4 Å². The predicted octanol–water partition coefficient (Wildman–Crippen LogP) is 5.32. The number of unbranched alkanes of at least 4 members (excludes halogenated alkanes) is 3. The number of benzene rings is 3. The summed E-state index contributed by atoms with van der Waals surface area (Å²) in [6, 6.07) is 19.2. The molecule has 2 aliphatic rings. The van der Waals surface area contributed by atoms with Crippen LogP contribution >= 0.6 is 0 Å². The van der Waals surface area contributed by atoms with E-state index in [2.05, 4.69) is 28.0 Å². The third-order valence-electron chi connectivity index (χ3n) is 6.82. The fourth-order valence-electron chi connectivity index (χ4n) is 5.08. The highest BCUT2D eigenvalue weighted by molar-refractivity contribution is 6.24. The van der Waals surface area contributed by atoms with E-state index in [9.17, 15) is 9.18 Å². The zero-order valence-corrected chi connectivity index (χ0v) is 18.5. The molecule has 32 heavy (non-hydrogen) atoms. The molecule has 0 N–H and O–H groups in total. The van der Waals surface area contributed by atoms with Crippen LogP contribution in [0.25, 0.3) is 10.8 Å². The van der Waals surface area contributed by atoms with E-state index >= 15 is 0 Å². The molecule has 2 heterocycles. The molecule has 5 rings (SSSR count). The fourth-order valence-corrected chi connectivity index (χ4v) is 5.08. The molecule has 1 saturated heterocycles. The molecule has 4 nitrogen and oxygen atoms in total. The topological polar surface area (TPSA) is 26.8 Å². The number of piperazine rings is 1. The molecule has 0 bridgehead atoms. The van der Waals surface area contributed by atoms with Gasteiger partial charge in [0.1, 0.15) is 5.82 Å². The fraction of sp³-hybridized carbons (Fsp3) is 0.370. The molecule has 1 amide bonds. The van der Waals surface area contributed by atoms with Gasteiger partial charge in [-0.15, -0.1) is 0 Å². The highest BCUT2D eigenvalue weighted by Gasteiger charge is 2.28. The molecule has 0 aliphatic carbocycles. The molecule has 0 spiro atoms. The number of nitrogens with zero attached hydrogens (tertiary/aromatic N) is 3. The number of para-hydroxylation sites is 1. The maximum absolute atomic E-state index is 14.0. The molecule has 3 aromatic rings. The number of amides is 1. The summed E-state index contributed by atoms with van der Waals surface area (Å²) in [7, 11) is 0. The van der Waals surface area contributed by atoms with Gasteiger partial charge in [0, 0.05) is 43.7 Å². The number of carbonyl (C=O) groups excluding carboxylic acids is 1. The van der Waals surface area contributed by atoms with Crippen LogP contribution in [0.3, 0.4) is 0 Å². The Hall–Kier alpha value is -2.92. The van der Waals surface area contributed by atoms with E-state index in [0.717, 1.165) is 79.8 Å². The summed E-state index contributed by atoms with van der Waals surface area (Å²) in [6.07, 6.45) is 4.50. The molecule has 0 saturated carbocycles. The lowest BCUT2D eigenvalue weighted by molar-refractivity contribution is 0.0992. The SMILES string of the molecule is O=C1c2cccc3cccc(c23)N1CCCCCCN1CCN(c2ccccc2F)CC1. The third kappa shape index (κ3) is 4.09. The Balaban J connectivity index is 1.03. The largest absolute Gasteiger partial charge is 0.367 e. The van der Waals surface area contributed by atoms with Crippen LogP contribution in [0.2, 0.25) is 0 Å². The van der Waals surface area contributed by atoms with E-state index < -0.39 is 0 Å². The van der Waals surface area contributed by atoms with Gasteiger partial charge >= 0.3 is 0 Å². The van der Waals surface area contributed by atoms with E-state index in [-0.39, 0.29) is 11.7 Å². The van der Waals surface area contributed by atoms with Crippen LogP contribution in [0.1, 0.15) is 36.0 Å². The summed E-state index contributed by atoms with van der Waals surface area (Å²) < 4.78 is 14.0. The van der Waals surface area contributed by atoms with Gasteiger partial charge < -0.3 is 9.80 Å². The van der Waals surface area contributed by atoms with E-state index in [4.69, 9.17) is 0 Å². The van der Waals surface area contributed by atoms with Crippen LogP contribution in [0.15, 0.2) is 60.7 Å². The van der Waals surface area contributed by atoms with Crippen molar-refractivity contribution < 1.29 is 9.18 Å². The maximum atomic E-state index is 14.0. The second-order valence-corrected chi connectivity index (χ2v) is 8.83. The molecule has 5 heteroatoms. The van der Waals surface area contributed by atoms with Crippen molar-refractivity contribution in [1.29, 1.82) is 0 Å². The summed E-state index contributed by atoms with van der Waals surface area (Å²) in [4.78, 5) is 19.4. The zero-order valence-electron chi connectivity index (χ0n) is 18.5. The van der Waals surface area contributed by atoms with Gasteiger partial charge in [0.15, 0.2) is 0 Å². The van der Waals surface area contributed by atoms with Crippen molar-refractivity contribution in [3.63, 3.8) is 0 Å². The second kappa shape index (κ2) is 9.29. The molecule has 0 radical (unpaired) electrons. The monoisotopic (exact) mass is 431 g/mol. The minimum Gasteiger partial charge on any atom is -0.367 e. The number of anilines is 2. The smallest absolute Gasteiger partial charge is 0.258 e. The first-order valence-electron chi connectivity index (χ1n) is 11.8. The van der Waals surface area contributed by atoms with Crippen LogP contribution < -0.4 is 9.80 Å². The van der Waals surface area contributed by atoms with Crippen LogP contribution in [0.5, 0.6) is 0 Å². The highest BCUT2D eigenvalue weighted by atomic mass is 19.1. The van der Waals surface area contributed by atoms with Crippen molar-refractivity contribution in [1.82, 2.24) is 4.90 Å². The van der Waals surface area contributed by atoms with Crippen molar-refractivity contribution in [3.8, 4) is 0 Å². The van der Waals surface area contributed by atoms with Crippen LogP contribution in [-0.4, -0.2) is 50.1 Å². The Morgan fingerprint density at radius 1 is 0.719 bits per heavy atom. The zero-order chi connectivity index (χ0) is 21.9. The molecule has 2 aliphatic heterocycles. The van der Waals surface area contributed by atoms with Crippen LogP contribution in [-0.2, 0) is 0 Å². The minimum atomic E-state index is -0.128. The summed E-state index contributed by atoms with van der Waals surface area (Å²) in [5.41, 5.74) is 2.63. The number of carbonyl (C=O) groups is 1. The summed E-state index contributed by atoms with van der Waals surface area (Å²) in [5.74, 6) is 0.0151. The second-order valence-electron chi connectivity index (χ2n) is 8.83. The lowest BCUT2D eigenvalue weighted by atomic mass is 10.1. The van der Waals surface area contributed by atoms with Gasteiger partial charge in [0.2, 0.25) is 0 Å². The van der Waals surface area contributed by atoms with E-state index in [0.29, 0.717) is 0 Å². The molecule has 0 unspecified atom stereocenters. The molecule has 0 atom stereocenters. The minimum absolute atomic E-state index is 0.128. The van der Waals surface area contributed by atoms with Crippen molar-refractivity contribution in [2.24, 2.45) is 0 Å². The van der Waals surface area contributed by atoms with Gasteiger partial charge in [-0.1, -0.05) is 49.2 Å². The molecule has 166 valence electrons. The van der Waals surface area contributed by atoms with Crippen LogP contribution in [0, 0.1) is 5.82 Å². The highest BCUT2D eigenvalue weighted by Crippen LogP contribution is 2.37. The molecule has 0 aromatic heterocycles. The lowest BCUT2D eigenvalue weighted by Gasteiger charge is -2.36.